The van der Waals surface area contributed by atoms with Crippen molar-refractivity contribution in [1.82, 2.24) is 4.98 Å². The molecule has 1 aromatic rings. The van der Waals surface area contributed by atoms with Crippen molar-refractivity contribution < 1.29 is 14.1 Å². The Morgan fingerprint density at radius 2 is 1.80 bits per heavy atom. The third kappa shape index (κ3) is 2.35. The van der Waals surface area contributed by atoms with Gasteiger partial charge in [-0.3, -0.25) is 9.78 Å². The van der Waals surface area contributed by atoms with E-state index in [1.807, 2.05) is 27.7 Å². The quantitative estimate of drug-likeness (QED) is 0.602. The largest absolute Gasteiger partial charge is 0.515 e. The van der Waals surface area contributed by atoms with E-state index in [9.17, 15) is 10.1 Å². The lowest BCUT2D eigenvalue weighted by atomic mass is 9.81. The summed E-state index contributed by atoms with van der Waals surface area (Å²) in [7, 11) is -0.742. The minimum absolute atomic E-state index is 0.160. The number of Topliss-reactive ketones (excluding diaryl/α,β-unsaturated/α-hetero) is 1. The fraction of sp³-hybridized carbons (Fsp3) is 0.500. The van der Waals surface area contributed by atoms with Crippen molar-refractivity contribution in [2.24, 2.45) is 0 Å². The Morgan fingerprint density at radius 3 is 2.25 bits per heavy atom. The van der Waals surface area contributed by atoms with Gasteiger partial charge in [-0.15, -0.1) is 0 Å². The second kappa shape index (κ2) is 4.69. The molecule has 0 spiro atoms. The molecule has 0 unspecified atom stereocenters. The van der Waals surface area contributed by atoms with Crippen LogP contribution in [0, 0.1) is 11.3 Å². The maximum Gasteiger partial charge on any atom is 0.515 e. The minimum atomic E-state index is -0.742. The molecule has 20 heavy (non-hydrogen) atoms. The van der Waals surface area contributed by atoms with Crippen LogP contribution in [-0.2, 0) is 9.31 Å². The summed E-state index contributed by atoms with van der Waals surface area (Å²) in [6.45, 7) is 9.13. The fourth-order valence-corrected chi connectivity index (χ4v) is 1.90. The third-order valence-electron chi connectivity index (χ3n) is 3.88. The van der Waals surface area contributed by atoms with E-state index in [-0.39, 0.29) is 5.78 Å². The van der Waals surface area contributed by atoms with Gasteiger partial charge in [0.25, 0.3) is 0 Å². The maximum absolute atomic E-state index is 11.4. The number of rotatable bonds is 2. The molecule has 2 rings (SSSR count). The van der Waals surface area contributed by atoms with Crippen molar-refractivity contribution in [3.8, 4) is 6.07 Å². The number of hydrogen-bond donors (Lipinski definition) is 0. The standard InChI is InChI=1S/C14H17BN2O3/c1-9(18)11-7-6-10(8-16)12(17-11)15-19-13(2,3)14(4,5)20-15/h6-7H,1-5H3. The van der Waals surface area contributed by atoms with Crippen LogP contribution >= 0.6 is 0 Å². The Bertz CT molecular complexity index is 589. The van der Waals surface area contributed by atoms with Crippen LogP contribution in [0.2, 0.25) is 0 Å². The first kappa shape index (κ1) is 14.7. The van der Waals surface area contributed by atoms with Crippen molar-refractivity contribution in [2.75, 3.05) is 0 Å². The van der Waals surface area contributed by atoms with Crippen LogP contribution < -0.4 is 5.59 Å². The second-order valence-corrected chi connectivity index (χ2v) is 5.89. The topological polar surface area (TPSA) is 72.2 Å². The van der Waals surface area contributed by atoms with E-state index in [1.165, 1.54) is 13.0 Å². The molecule has 104 valence electrons. The predicted octanol–water partition coefficient (Wildman–Crippen LogP) is 1.46. The van der Waals surface area contributed by atoms with E-state index in [0.29, 0.717) is 16.9 Å². The Kier molecular flexibility index (Phi) is 3.45. The predicted molar refractivity (Wildman–Crippen MR) is 74.7 cm³/mol. The molecule has 0 atom stereocenters. The van der Waals surface area contributed by atoms with Crippen LogP contribution in [0.4, 0.5) is 0 Å². The zero-order chi connectivity index (χ0) is 15.1. The van der Waals surface area contributed by atoms with Crippen LogP contribution in [0.5, 0.6) is 0 Å². The molecule has 1 aromatic heterocycles. The Hall–Kier alpha value is -1.71. The Morgan fingerprint density at radius 1 is 1.25 bits per heavy atom. The monoisotopic (exact) mass is 272 g/mol. The molecule has 1 aliphatic heterocycles. The highest BCUT2D eigenvalue weighted by atomic mass is 16.7. The highest BCUT2D eigenvalue weighted by Crippen LogP contribution is 2.36. The summed E-state index contributed by atoms with van der Waals surface area (Å²) in [5.74, 6) is -0.160. The molecular formula is C14H17BN2O3. The maximum atomic E-state index is 11.4. The lowest BCUT2D eigenvalue weighted by Gasteiger charge is -2.32. The highest BCUT2D eigenvalue weighted by Gasteiger charge is 2.53. The molecule has 0 saturated carbocycles. The van der Waals surface area contributed by atoms with Crippen LogP contribution in [0.15, 0.2) is 12.1 Å². The van der Waals surface area contributed by atoms with Crippen molar-refractivity contribution in [3.05, 3.63) is 23.4 Å². The molecule has 1 aliphatic rings. The average molecular weight is 272 g/mol. The molecule has 0 amide bonds. The number of aromatic nitrogens is 1. The summed E-state index contributed by atoms with van der Waals surface area (Å²) in [5.41, 5.74) is -0.0163. The van der Waals surface area contributed by atoms with Gasteiger partial charge in [0.15, 0.2) is 5.78 Å². The van der Waals surface area contributed by atoms with Crippen molar-refractivity contribution in [2.45, 2.75) is 45.8 Å². The third-order valence-corrected chi connectivity index (χ3v) is 3.88. The second-order valence-electron chi connectivity index (χ2n) is 5.89. The first-order valence-corrected chi connectivity index (χ1v) is 6.45. The van der Waals surface area contributed by atoms with Crippen LogP contribution in [0.1, 0.15) is 50.7 Å². The van der Waals surface area contributed by atoms with Gasteiger partial charge in [0, 0.05) is 6.92 Å². The van der Waals surface area contributed by atoms with Gasteiger partial charge in [-0.2, -0.15) is 5.26 Å². The smallest absolute Gasteiger partial charge is 0.398 e. The fourth-order valence-electron chi connectivity index (χ4n) is 1.90. The molecule has 5 nitrogen and oxygen atoms in total. The van der Waals surface area contributed by atoms with Crippen molar-refractivity contribution in [3.63, 3.8) is 0 Å². The van der Waals surface area contributed by atoms with Gasteiger partial charge in [-0.1, -0.05) is 0 Å². The number of nitriles is 1. The van der Waals surface area contributed by atoms with E-state index >= 15 is 0 Å². The van der Waals surface area contributed by atoms with Gasteiger partial charge in [0.2, 0.25) is 0 Å². The molecule has 0 radical (unpaired) electrons. The summed E-state index contributed by atoms with van der Waals surface area (Å²) in [4.78, 5) is 15.7. The molecule has 0 aromatic carbocycles. The minimum Gasteiger partial charge on any atom is -0.398 e. The molecule has 1 saturated heterocycles. The molecule has 6 heteroatoms. The van der Waals surface area contributed by atoms with E-state index < -0.39 is 18.3 Å². The van der Waals surface area contributed by atoms with Gasteiger partial charge in [0.1, 0.15) is 11.8 Å². The number of pyridine rings is 1. The number of carbonyl (C=O) groups is 1. The summed E-state index contributed by atoms with van der Waals surface area (Å²) in [6.07, 6.45) is 0. The Labute approximate surface area is 119 Å². The first-order valence-electron chi connectivity index (χ1n) is 6.45. The number of hydrogen-bond acceptors (Lipinski definition) is 5. The van der Waals surface area contributed by atoms with E-state index in [2.05, 4.69) is 11.1 Å². The SMILES string of the molecule is CC(=O)c1ccc(C#N)c(B2OC(C)(C)C(C)(C)O2)n1. The van der Waals surface area contributed by atoms with Crippen molar-refractivity contribution in [1.29, 1.82) is 5.26 Å². The lowest BCUT2D eigenvalue weighted by molar-refractivity contribution is 0.00578. The van der Waals surface area contributed by atoms with Gasteiger partial charge in [0.05, 0.1) is 22.4 Å². The van der Waals surface area contributed by atoms with Gasteiger partial charge < -0.3 is 9.31 Å². The van der Waals surface area contributed by atoms with Crippen LogP contribution in [-0.4, -0.2) is 29.1 Å². The first-order chi connectivity index (χ1) is 9.18. The molecule has 0 aliphatic carbocycles. The summed E-state index contributed by atoms with van der Waals surface area (Å²) in [6, 6.07) is 5.17. The summed E-state index contributed by atoms with van der Waals surface area (Å²) < 4.78 is 11.8. The molecular weight excluding hydrogens is 255 g/mol. The zero-order valence-electron chi connectivity index (χ0n) is 12.4. The number of carbonyl (C=O) groups excluding carboxylic acids is 1. The van der Waals surface area contributed by atoms with Crippen LogP contribution in [0.3, 0.4) is 0 Å². The Balaban J connectivity index is 2.46. The molecule has 1 fully saturated rings. The lowest BCUT2D eigenvalue weighted by Crippen LogP contribution is -2.41. The van der Waals surface area contributed by atoms with Gasteiger partial charge in [-0.25, -0.2) is 0 Å². The molecule has 0 N–H and O–H groups in total. The zero-order valence-corrected chi connectivity index (χ0v) is 12.4. The molecule has 2 heterocycles. The van der Waals surface area contributed by atoms with E-state index in [1.54, 1.807) is 6.07 Å². The van der Waals surface area contributed by atoms with Gasteiger partial charge >= 0.3 is 7.12 Å². The molecule has 0 bridgehead atoms. The van der Waals surface area contributed by atoms with E-state index in [4.69, 9.17) is 9.31 Å². The van der Waals surface area contributed by atoms with Crippen LogP contribution in [0.25, 0.3) is 0 Å². The summed E-state index contributed by atoms with van der Waals surface area (Å²) in [5, 5.41) is 9.18. The van der Waals surface area contributed by atoms with Crippen molar-refractivity contribution >= 4 is 18.5 Å². The highest BCUT2D eigenvalue weighted by molar-refractivity contribution is 6.61. The van der Waals surface area contributed by atoms with Gasteiger partial charge in [-0.05, 0) is 39.8 Å². The number of ketones is 1. The number of nitrogens with zero attached hydrogens (tertiary/aromatic N) is 2. The normalized spacial score (nSPS) is 19.7. The summed E-state index contributed by atoms with van der Waals surface area (Å²) >= 11 is 0. The van der Waals surface area contributed by atoms with E-state index in [0.717, 1.165) is 0 Å². The average Bonchev–Trinajstić information content (AvgIpc) is 2.57.